The smallest absolute Gasteiger partial charge is 0.259 e. The predicted octanol–water partition coefficient (Wildman–Crippen LogP) is 5.76. The molecule has 0 saturated heterocycles. The third-order valence-corrected chi connectivity index (χ3v) is 6.78. The van der Waals surface area contributed by atoms with Crippen LogP contribution in [-0.2, 0) is 19.6 Å². The van der Waals surface area contributed by atoms with Crippen molar-refractivity contribution in [3.63, 3.8) is 0 Å². The van der Waals surface area contributed by atoms with E-state index in [4.69, 9.17) is 21.3 Å². The third-order valence-electron chi connectivity index (χ3n) is 6.41. The van der Waals surface area contributed by atoms with Crippen molar-refractivity contribution in [3.8, 4) is 5.75 Å². The van der Waals surface area contributed by atoms with Gasteiger partial charge < -0.3 is 4.74 Å². The molecule has 6 nitrogen and oxygen atoms in total. The molecule has 0 aliphatic carbocycles. The van der Waals surface area contributed by atoms with Gasteiger partial charge in [-0.15, -0.1) is 0 Å². The van der Waals surface area contributed by atoms with Gasteiger partial charge >= 0.3 is 0 Å². The van der Waals surface area contributed by atoms with Crippen LogP contribution < -0.4 is 15.2 Å². The number of nitrogens with zero attached hydrogens (tertiary/aromatic N) is 4. The van der Waals surface area contributed by atoms with Gasteiger partial charge in [0, 0.05) is 29.2 Å². The molecular formula is C29H29ClN4O2. The fourth-order valence-corrected chi connectivity index (χ4v) is 4.78. The summed E-state index contributed by atoms with van der Waals surface area (Å²) in [6.07, 6.45) is 0.548. The Hall–Kier alpha value is -3.61. The number of rotatable bonds is 7. The Bertz CT molecular complexity index is 1400. The number of ether oxygens (including phenoxy) is 1. The van der Waals surface area contributed by atoms with Crippen molar-refractivity contribution >= 4 is 23.2 Å². The molecule has 0 N–H and O–H groups in total. The second kappa shape index (κ2) is 10.6. The zero-order valence-electron chi connectivity index (χ0n) is 20.5. The second-order valence-electron chi connectivity index (χ2n) is 8.93. The van der Waals surface area contributed by atoms with E-state index in [1.54, 1.807) is 4.57 Å². The van der Waals surface area contributed by atoms with Crippen molar-refractivity contribution in [3.05, 3.63) is 117 Å². The van der Waals surface area contributed by atoms with Crippen molar-refractivity contribution in [2.45, 2.75) is 33.5 Å². The minimum atomic E-state index is -0.0128. The molecule has 36 heavy (non-hydrogen) atoms. The van der Waals surface area contributed by atoms with Crippen LogP contribution in [0.15, 0.2) is 83.7 Å². The summed E-state index contributed by atoms with van der Waals surface area (Å²) in [5.74, 6) is 1.46. The van der Waals surface area contributed by atoms with Gasteiger partial charge in [0.05, 0.1) is 25.6 Å². The first-order valence-corrected chi connectivity index (χ1v) is 12.5. The molecule has 0 bridgehead atoms. The number of aromatic nitrogens is 2. The van der Waals surface area contributed by atoms with Gasteiger partial charge in [-0.3, -0.25) is 19.2 Å². The summed E-state index contributed by atoms with van der Waals surface area (Å²) in [6.45, 7) is 6.12. The molecule has 0 saturated carbocycles. The average molecular weight is 501 g/mol. The molecule has 0 unspecified atom stereocenters. The number of aryl methyl sites for hydroxylation is 1. The van der Waals surface area contributed by atoms with Gasteiger partial charge in [0.25, 0.3) is 5.56 Å². The summed E-state index contributed by atoms with van der Waals surface area (Å²) < 4.78 is 7.41. The number of benzene rings is 3. The first-order chi connectivity index (χ1) is 17.5. The van der Waals surface area contributed by atoms with Crippen LogP contribution in [-0.4, -0.2) is 27.7 Å². The molecule has 0 fully saturated rings. The summed E-state index contributed by atoms with van der Waals surface area (Å²) >= 11 is 6.48. The van der Waals surface area contributed by atoms with Gasteiger partial charge in [0.15, 0.2) is 0 Å². The Balaban J connectivity index is 1.56. The maximum absolute atomic E-state index is 13.8. The molecule has 0 amide bonds. The molecule has 184 valence electrons. The zero-order valence-corrected chi connectivity index (χ0v) is 21.3. The van der Waals surface area contributed by atoms with Gasteiger partial charge in [-0.1, -0.05) is 60.1 Å². The van der Waals surface area contributed by atoms with Crippen LogP contribution in [0.2, 0.25) is 5.02 Å². The summed E-state index contributed by atoms with van der Waals surface area (Å²) in [5.41, 5.74) is 4.51. The topological polar surface area (TPSA) is 50.6 Å². The van der Waals surface area contributed by atoms with E-state index in [0.717, 1.165) is 38.8 Å². The summed E-state index contributed by atoms with van der Waals surface area (Å²) in [4.78, 5) is 23.1. The van der Waals surface area contributed by atoms with E-state index in [-0.39, 0.29) is 5.56 Å². The Labute approximate surface area is 216 Å². The molecule has 5 rings (SSSR count). The van der Waals surface area contributed by atoms with E-state index >= 15 is 0 Å². The highest BCUT2D eigenvalue weighted by Crippen LogP contribution is 2.30. The van der Waals surface area contributed by atoms with Crippen LogP contribution in [0.3, 0.4) is 0 Å². The fourth-order valence-electron chi connectivity index (χ4n) is 4.58. The van der Waals surface area contributed by atoms with Crippen molar-refractivity contribution < 1.29 is 4.74 Å². The number of hydrogen-bond acceptors (Lipinski definition) is 5. The zero-order chi connectivity index (χ0) is 25.1. The van der Waals surface area contributed by atoms with Crippen LogP contribution >= 0.6 is 11.6 Å². The predicted molar refractivity (Wildman–Crippen MR) is 144 cm³/mol. The average Bonchev–Trinajstić information content (AvgIpc) is 2.89. The second-order valence-corrected chi connectivity index (χ2v) is 9.34. The minimum absolute atomic E-state index is 0.0128. The van der Waals surface area contributed by atoms with Crippen LogP contribution in [0.4, 0.5) is 11.6 Å². The molecule has 1 aliphatic heterocycles. The van der Waals surface area contributed by atoms with Gasteiger partial charge in [-0.05, 0) is 55.3 Å². The quantitative estimate of drug-likeness (QED) is 0.323. The van der Waals surface area contributed by atoms with Crippen LogP contribution in [0.25, 0.3) is 0 Å². The number of fused-ring (bicyclic) bond motifs is 1. The maximum atomic E-state index is 13.8. The summed E-state index contributed by atoms with van der Waals surface area (Å²) in [5, 5.41) is 0.718. The molecule has 0 atom stereocenters. The molecule has 4 aromatic rings. The Morgan fingerprint density at radius 3 is 2.39 bits per heavy atom. The van der Waals surface area contributed by atoms with Crippen LogP contribution in [0.1, 0.15) is 29.3 Å². The Kier molecular flexibility index (Phi) is 7.07. The lowest BCUT2D eigenvalue weighted by Crippen LogP contribution is -2.47. The van der Waals surface area contributed by atoms with Gasteiger partial charge in [0.1, 0.15) is 5.75 Å². The minimum Gasteiger partial charge on any atom is -0.494 e. The highest BCUT2D eigenvalue weighted by Gasteiger charge is 2.28. The van der Waals surface area contributed by atoms with E-state index in [9.17, 15) is 4.79 Å². The molecule has 2 heterocycles. The lowest BCUT2D eigenvalue weighted by atomic mass is 10.1. The van der Waals surface area contributed by atoms with E-state index in [0.29, 0.717) is 38.9 Å². The number of halogens is 1. The highest BCUT2D eigenvalue weighted by molar-refractivity contribution is 6.31. The lowest BCUT2D eigenvalue weighted by Gasteiger charge is -2.38. The van der Waals surface area contributed by atoms with Gasteiger partial charge in [-0.25, -0.2) is 4.98 Å². The van der Waals surface area contributed by atoms with Gasteiger partial charge in [0.2, 0.25) is 5.95 Å². The molecule has 3 aromatic carbocycles. The van der Waals surface area contributed by atoms with E-state index in [2.05, 4.69) is 9.80 Å². The van der Waals surface area contributed by atoms with E-state index in [1.165, 1.54) is 0 Å². The largest absolute Gasteiger partial charge is 0.494 e. The number of anilines is 2. The van der Waals surface area contributed by atoms with Gasteiger partial charge in [-0.2, -0.15) is 0 Å². The standard InChI is InChI=1S/C29H29ClN4O2/c1-3-36-25-15-13-24(14-16-25)33-19-32(18-23-11-7-8-12-27(23)30)20-34-28(35)26(21(2)31-29(33)34)17-22-9-5-4-6-10-22/h4-16H,3,17-20H2,1-2H3. The van der Waals surface area contributed by atoms with E-state index < -0.39 is 0 Å². The number of hydrogen-bond donors (Lipinski definition) is 0. The molecule has 1 aromatic heterocycles. The molecule has 0 radical (unpaired) electrons. The Morgan fingerprint density at radius 2 is 1.67 bits per heavy atom. The fraction of sp³-hybridized carbons (Fsp3) is 0.241. The summed E-state index contributed by atoms with van der Waals surface area (Å²) in [7, 11) is 0. The van der Waals surface area contributed by atoms with E-state index in [1.807, 2.05) is 92.7 Å². The van der Waals surface area contributed by atoms with Crippen molar-refractivity contribution in [1.82, 2.24) is 14.5 Å². The summed E-state index contributed by atoms with van der Waals surface area (Å²) in [6, 6.07) is 25.8. The molecule has 7 heteroatoms. The monoisotopic (exact) mass is 500 g/mol. The molecule has 0 spiro atoms. The van der Waals surface area contributed by atoms with Crippen LogP contribution in [0, 0.1) is 6.92 Å². The van der Waals surface area contributed by atoms with Crippen molar-refractivity contribution in [2.24, 2.45) is 0 Å². The van der Waals surface area contributed by atoms with Crippen molar-refractivity contribution in [1.29, 1.82) is 0 Å². The SMILES string of the molecule is CCOc1ccc(N2CN(Cc3ccccc3Cl)Cn3c2nc(C)c(Cc2ccccc2)c3=O)cc1. The highest BCUT2D eigenvalue weighted by atomic mass is 35.5. The third kappa shape index (κ3) is 5.01. The maximum Gasteiger partial charge on any atom is 0.259 e. The van der Waals surface area contributed by atoms with Crippen molar-refractivity contribution in [2.75, 3.05) is 18.2 Å². The van der Waals surface area contributed by atoms with Crippen LogP contribution in [0.5, 0.6) is 5.75 Å². The molecule has 1 aliphatic rings. The molecular weight excluding hydrogens is 472 g/mol. The lowest BCUT2D eigenvalue weighted by molar-refractivity contribution is 0.190. The normalized spacial score (nSPS) is 13.5. The first-order valence-electron chi connectivity index (χ1n) is 12.1. The first kappa shape index (κ1) is 24.1. The Morgan fingerprint density at radius 1 is 0.944 bits per heavy atom.